The number of hydrogen-bond acceptors (Lipinski definition) is 4. The molecule has 1 fully saturated rings. The molecule has 0 bridgehead atoms. The molecule has 1 aromatic rings. The predicted molar refractivity (Wildman–Crippen MR) is 89.9 cm³/mol. The first-order valence-corrected chi connectivity index (χ1v) is 8.15. The van der Waals surface area contributed by atoms with Crippen molar-refractivity contribution in [3.8, 4) is 0 Å². The molecule has 1 N–H and O–H groups in total. The summed E-state index contributed by atoms with van der Waals surface area (Å²) in [4.78, 5) is 9.55. The zero-order valence-corrected chi connectivity index (χ0v) is 14.2. The molecule has 0 aliphatic carbocycles. The van der Waals surface area contributed by atoms with E-state index in [9.17, 15) is 0 Å². The van der Waals surface area contributed by atoms with Crippen LogP contribution in [-0.4, -0.2) is 48.1 Å². The summed E-state index contributed by atoms with van der Waals surface area (Å²) in [6.07, 6.45) is 2.04. The number of aromatic nitrogens is 1. The predicted octanol–water partition coefficient (Wildman–Crippen LogP) is 2.42. The van der Waals surface area contributed by atoms with Gasteiger partial charge in [-0.2, -0.15) is 0 Å². The Hall–Kier alpha value is -1.13. The van der Waals surface area contributed by atoms with Crippen LogP contribution in [0, 0.1) is 6.92 Å². The van der Waals surface area contributed by atoms with Gasteiger partial charge in [-0.15, -0.1) is 0 Å². The maximum absolute atomic E-state index is 4.48. The van der Waals surface area contributed by atoms with Crippen LogP contribution in [0.25, 0.3) is 0 Å². The fourth-order valence-corrected chi connectivity index (χ4v) is 2.80. The summed E-state index contributed by atoms with van der Waals surface area (Å²) >= 11 is 0. The van der Waals surface area contributed by atoms with Crippen LogP contribution in [0.3, 0.4) is 0 Å². The molecule has 0 aromatic carbocycles. The lowest BCUT2D eigenvalue weighted by Crippen LogP contribution is -2.49. The minimum absolute atomic E-state index is 0.497. The summed E-state index contributed by atoms with van der Waals surface area (Å²) in [5.74, 6) is 0. The standard InChI is InChI=1S/C17H30N4/c1-13(2)18-11-16-12-19-15(5)10-17(16)21-8-6-20(7-9-21)14(3)4/h10,12-14,18H,6-9,11H2,1-5H3. The SMILES string of the molecule is Cc1cc(N2CCN(C(C)C)CC2)c(CNC(C)C)cn1. The van der Waals surface area contributed by atoms with E-state index < -0.39 is 0 Å². The third-order valence-electron chi connectivity index (χ3n) is 4.18. The van der Waals surface area contributed by atoms with E-state index in [0.717, 1.165) is 38.4 Å². The molecule has 2 heterocycles. The highest BCUT2D eigenvalue weighted by Gasteiger charge is 2.21. The molecule has 0 spiro atoms. The maximum Gasteiger partial charge on any atom is 0.0446 e. The van der Waals surface area contributed by atoms with Crippen molar-refractivity contribution in [2.24, 2.45) is 0 Å². The van der Waals surface area contributed by atoms with Crippen molar-refractivity contribution in [2.45, 2.75) is 53.2 Å². The number of aryl methyl sites for hydroxylation is 1. The van der Waals surface area contributed by atoms with E-state index in [4.69, 9.17) is 0 Å². The van der Waals surface area contributed by atoms with Gasteiger partial charge in [0, 0.05) is 67.9 Å². The summed E-state index contributed by atoms with van der Waals surface area (Å²) in [5.41, 5.74) is 3.77. The van der Waals surface area contributed by atoms with E-state index in [1.165, 1.54) is 11.3 Å². The van der Waals surface area contributed by atoms with Gasteiger partial charge in [0.05, 0.1) is 0 Å². The van der Waals surface area contributed by atoms with E-state index in [1.807, 2.05) is 6.20 Å². The Labute approximate surface area is 129 Å². The quantitative estimate of drug-likeness (QED) is 0.902. The summed E-state index contributed by atoms with van der Waals surface area (Å²) in [6, 6.07) is 3.38. The first kappa shape index (κ1) is 16.2. The highest BCUT2D eigenvalue weighted by molar-refractivity contribution is 5.54. The van der Waals surface area contributed by atoms with Gasteiger partial charge in [0.1, 0.15) is 0 Å². The Balaban J connectivity index is 2.09. The van der Waals surface area contributed by atoms with Crippen LogP contribution in [0.4, 0.5) is 5.69 Å². The number of pyridine rings is 1. The Morgan fingerprint density at radius 1 is 1.14 bits per heavy atom. The molecule has 118 valence electrons. The highest BCUT2D eigenvalue weighted by atomic mass is 15.3. The van der Waals surface area contributed by atoms with Gasteiger partial charge in [0.15, 0.2) is 0 Å². The Morgan fingerprint density at radius 3 is 2.38 bits per heavy atom. The molecule has 21 heavy (non-hydrogen) atoms. The second-order valence-electron chi connectivity index (χ2n) is 6.61. The largest absolute Gasteiger partial charge is 0.369 e. The number of nitrogens with one attached hydrogen (secondary N) is 1. The van der Waals surface area contributed by atoms with Crippen LogP contribution in [0.1, 0.15) is 39.0 Å². The molecular formula is C17H30N4. The van der Waals surface area contributed by atoms with Gasteiger partial charge < -0.3 is 10.2 Å². The topological polar surface area (TPSA) is 31.4 Å². The highest BCUT2D eigenvalue weighted by Crippen LogP contribution is 2.23. The van der Waals surface area contributed by atoms with E-state index in [2.05, 4.69) is 60.8 Å². The maximum atomic E-state index is 4.48. The van der Waals surface area contributed by atoms with Gasteiger partial charge in [-0.25, -0.2) is 0 Å². The van der Waals surface area contributed by atoms with Gasteiger partial charge in [-0.1, -0.05) is 13.8 Å². The van der Waals surface area contributed by atoms with Crippen molar-refractivity contribution in [2.75, 3.05) is 31.1 Å². The molecular weight excluding hydrogens is 260 g/mol. The second-order valence-corrected chi connectivity index (χ2v) is 6.61. The molecule has 1 saturated heterocycles. The zero-order chi connectivity index (χ0) is 15.4. The number of hydrogen-bond donors (Lipinski definition) is 1. The number of rotatable bonds is 5. The molecule has 0 saturated carbocycles. The van der Waals surface area contributed by atoms with Gasteiger partial charge in [-0.3, -0.25) is 9.88 Å². The summed E-state index contributed by atoms with van der Waals surface area (Å²) in [6.45, 7) is 16.4. The summed E-state index contributed by atoms with van der Waals surface area (Å²) < 4.78 is 0. The molecule has 4 heteroatoms. The van der Waals surface area contributed by atoms with Crippen molar-refractivity contribution in [1.29, 1.82) is 0 Å². The molecule has 1 aliphatic rings. The molecule has 4 nitrogen and oxygen atoms in total. The fourth-order valence-electron chi connectivity index (χ4n) is 2.80. The van der Waals surface area contributed by atoms with Crippen LogP contribution in [-0.2, 0) is 6.54 Å². The van der Waals surface area contributed by atoms with Crippen LogP contribution >= 0.6 is 0 Å². The number of piperazine rings is 1. The molecule has 0 amide bonds. The van der Waals surface area contributed by atoms with E-state index in [1.54, 1.807) is 0 Å². The van der Waals surface area contributed by atoms with Crippen LogP contribution in [0.2, 0.25) is 0 Å². The second kappa shape index (κ2) is 7.23. The minimum Gasteiger partial charge on any atom is -0.369 e. The number of anilines is 1. The van der Waals surface area contributed by atoms with Gasteiger partial charge in [0.2, 0.25) is 0 Å². The zero-order valence-electron chi connectivity index (χ0n) is 14.2. The van der Waals surface area contributed by atoms with Crippen molar-refractivity contribution < 1.29 is 0 Å². The average Bonchev–Trinajstić information content (AvgIpc) is 2.46. The first-order valence-electron chi connectivity index (χ1n) is 8.15. The lowest BCUT2D eigenvalue weighted by Gasteiger charge is -2.39. The molecule has 1 aliphatic heterocycles. The smallest absolute Gasteiger partial charge is 0.0446 e. The Morgan fingerprint density at radius 2 is 1.81 bits per heavy atom. The summed E-state index contributed by atoms with van der Waals surface area (Å²) in [7, 11) is 0. The van der Waals surface area contributed by atoms with Crippen LogP contribution in [0.5, 0.6) is 0 Å². The molecule has 0 unspecified atom stereocenters. The molecule has 2 rings (SSSR count). The Bertz CT molecular complexity index is 448. The third-order valence-corrected chi connectivity index (χ3v) is 4.18. The van der Waals surface area contributed by atoms with Crippen molar-refractivity contribution in [1.82, 2.24) is 15.2 Å². The number of nitrogens with zero attached hydrogens (tertiary/aromatic N) is 3. The monoisotopic (exact) mass is 290 g/mol. The van der Waals surface area contributed by atoms with E-state index >= 15 is 0 Å². The van der Waals surface area contributed by atoms with Crippen LogP contribution < -0.4 is 10.2 Å². The van der Waals surface area contributed by atoms with Crippen LogP contribution in [0.15, 0.2) is 12.3 Å². The normalized spacial score (nSPS) is 17.0. The lowest BCUT2D eigenvalue weighted by atomic mass is 10.1. The van der Waals surface area contributed by atoms with Crippen molar-refractivity contribution in [3.63, 3.8) is 0 Å². The summed E-state index contributed by atoms with van der Waals surface area (Å²) in [5, 5.41) is 3.51. The van der Waals surface area contributed by atoms with Crippen molar-refractivity contribution >= 4 is 5.69 Å². The third kappa shape index (κ3) is 4.42. The molecule has 0 atom stereocenters. The first-order chi connectivity index (χ1) is 9.97. The minimum atomic E-state index is 0.497. The van der Waals surface area contributed by atoms with Gasteiger partial charge in [-0.05, 0) is 26.8 Å². The van der Waals surface area contributed by atoms with Gasteiger partial charge >= 0.3 is 0 Å². The van der Waals surface area contributed by atoms with E-state index in [0.29, 0.717) is 12.1 Å². The van der Waals surface area contributed by atoms with Crippen molar-refractivity contribution in [3.05, 3.63) is 23.5 Å². The van der Waals surface area contributed by atoms with Gasteiger partial charge in [0.25, 0.3) is 0 Å². The molecule has 1 aromatic heterocycles. The molecule has 0 radical (unpaired) electrons. The van der Waals surface area contributed by atoms with E-state index in [-0.39, 0.29) is 0 Å². The lowest BCUT2D eigenvalue weighted by molar-refractivity contribution is 0.209. The fraction of sp³-hybridized carbons (Fsp3) is 0.706. The average molecular weight is 290 g/mol. The Kier molecular flexibility index (Phi) is 5.59.